The van der Waals surface area contributed by atoms with Crippen LogP contribution in [0, 0.1) is 0 Å². The number of primary amides is 1. The van der Waals surface area contributed by atoms with Crippen molar-refractivity contribution < 1.29 is 9.59 Å². The summed E-state index contributed by atoms with van der Waals surface area (Å²) in [4.78, 5) is 42.4. The lowest BCUT2D eigenvalue weighted by atomic mass is 9.98. The Kier molecular flexibility index (Phi) is 4.91. The Balaban J connectivity index is 1.54. The van der Waals surface area contributed by atoms with Crippen LogP contribution in [0.15, 0.2) is 58.0 Å². The third kappa shape index (κ3) is 3.35. The SMILES string of the molecule is NC(=O)c1nn(CC(=O)N2CCc3sccc3C2c2cccs2)c(=O)c2ccccc12. The average molecular weight is 451 g/mol. The summed E-state index contributed by atoms with van der Waals surface area (Å²) in [7, 11) is 0. The van der Waals surface area contributed by atoms with Gasteiger partial charge in [-0.3, -0.25) is 14.4 Å². The maximum Gasteiger partial charge on any atom is 0.275 e. The summed E-state index contributed by atoms with van der Waals surface area (Å²) < 4.78 is 1.05. The van der Waals surface area contributed by atoms with Crippen molar-refractivity contribution in [3.05, 3.63) is 84.6 Å². The van der Waals surface area contributed by atoms with Crippen LogP contribution in [0.5, 0.6) is 0 Å². The molecule has 0 radical (unpaired) electrons. The Morgan fingerprint density at radius 1 is 1.06 bits per heavy atom. The molecule has 4 aromatic rings. The molecule has 31 heavy (non-hydrogen) atoms. The van der Waals surface area contributed by atoms with E-state index in [4.69, 9.17) is 5.73 Å². The zero-order valence-electron chi connectivity index (χ0n) is 16.4. The van der Waals surface area contributed by atoms with Crippen LogP contribution in [0.1, 0.15) is 31.8 Å². The summed E-state index contributed by atoms with van der Waals surface area (Å²) in [5.74, 6) is -0.967. The molecule has 0 fully saturated rings. The Bertz CT molecular complexity index is 1360. The number of nitrogens with zero attached hydrogens (tertiary/aromatic N) is 3. The van der Waals surface area contributed by atoms with E-state index in [9.17, 15) is 14.4 Å². The topological polar surface area (TPSA) is 98.3 Å². The van der Waals surface area contributed by atoms with E-state index in [1.807, 2.05) is 22.9 Å². The molecular formula is C22H18N4O3S2. The predicted octanol–water partition coefficient (Wildman–Crippen LogP) is 2.79. The average Bonchev–Trinajstić information content (AvgIpc) is 3.46. The number of rotatable bonds is 4. The number of aromatic nitrogens is 2. The molecule has 0 saturated heterocycles. The summed E-state index contributed by atoms with van der Waals surface area (Å²) in [5.41, 5.74) is 6.18. The van der Waals surface area contributed by atoms with E-state index in [2.05, 4.69) is 11.2 Å². The van der Waals surface area contributed by atoms with Crippen molar-refractivity contribution in [2.45, 2.75) is 19.0 Å². The largest absolute Gasteiger partial charge is 0.364 e. The van der Waals surface area contributed by atoms with Gasteiger partial charge in [-0.15, -0.1) is 22.7 Å². The highest BCUT2D eigenvalue weighted by molar-refractivity contribution is 7.10. The highest BCUT2D eigenvalue weighted by Crippen LogP contribution is 2.39. The van der Waals surface area contributed by atoms with Gasteiger partial charge in [0.05, 0.1) is 11.4 Å². The van der Waals surface area contributed by atoms with Gasteiger partial charge < -0.3 is 10.6 Å². The second-order valence-electron chi connectivity index (χ2n) is 7.28. The van der Waals surface area contributed by atoms with Crippen molar-refractivity contribution in [1.29, 1.82) is 0 Å². The standard InChI is InChI=1S/C22H18N4O3S2/c23-21(28)19-13-4-1-2-5-14(13)22(29)26(24-19)12-18(27)25-9-7-16-15(8-11-31-16)20(25)17-6-3-10-30-17/h1-6,8,10-11,20H,7,9,12H2,(H2,23,28). The molecular weight excluding hydrogens is 432 g/mol. The van der Waals surface area contributed by atoms with Gasteiger partial charge in [-0.05, 0) is 40.9 Å². The van der Waals surface area contributed by atoms with E-state index in [0.29, 0.717) is 17.3 Å². The Hall–Kier alpha value is -3.30. The lowest BCUT2D eigenvalue weighted by Gasteiger charge is -2.35. The Morgan fingerprint density at radius 2 is 1.87 bits per heavy atom. The maximum absolute atomic E-state index is 13.4. The number of fused-ring (bicyclic) bond motifs is 2. The monoisotopic (exact) mass is 450 g/mol. The molecule has 2 amide bonds. The van der Waals surface area contributed by atoms with E-state index in [-0.39, 0.29) is 24.2 Å². The van der Waals surface area contributed by atoms with Crippen LogP contribution in [0.25, 0.3) is 10.8 Å². The minimum absolute atomic E-state index is 0.0171. The fraction of sp³-hybridized carbons (Fsp3) is 0.182. The second-order valence-corrected chi connectivity index (χ2v) is 9.26. The van der Waals surface area contributed by atoms with Crippen molar-refractivity contribution >= 4 is 45.3 Å². The van der Waals surface area contributed by atoms with Gasteiger partial charge in [-0.1, -0.05) is 24.3 Å². The van der Waals surface area contributed by atoms with Crippen molar-refractivity contribution in [1.82, 2.24) is 14.7 Å². The summed E-state index contributed by atoms with van der Waals surface area (Å²) in [5, 5.41) is 8.89. The first-order chi connectivity index (χ1) is 15.0. The van der Waals surface area contributed by atoms with Gasteiger partial charge in [-0.25, -0.2) is 4.68 Å². The lowest BCUT2D eigenvalue weighted by Crippen LogP contribution is -2.43. The molecule has 5 rings (SSSR count). The molecule has 0 bridgehead atoms. The highest BCUT2D eigenvalue weighted by atomic mass is 32.1. The Morgan fingerprint density at radius 3 is 2.61 bits per heavy atom. The molecule has 4 heterocycles. The first-order valence-corrected chi connectivity index (χ1v) is 11.5. The number of nitrogens with two attached hydrogens (primary N) is 1. The van der Waals surface area contributed by atoms with Gasteiger partial charge in [0, 0.05) is 21.7 Å². The third-order valence-corrected chi connectivity index (χ3v) is 7.41. The van der Waals surface area contributed by atoms with E-state index in [1.165, 1.54) is 4.88 Å². The number of carbonyl (C=O) groups excluding carboxylic acids is 2. The molecule has 156 valence electrons. The van der Waals surface area contributed by atoms with E-state index >= 15 is 0 Å². The zero-order chi connectivity index (χ0) is 21.5. The molecule has 7 nitrogen and oxygen atoms in total. The number of carbonyl (C=O) groups is 2. The first-order valence-electron chi connectivity index (χ1n) is 9.73. The predicted molar refractivity (Wildman–Crippen MR) is 120 cm³/mol. The van der Waals surface area contributed by atoms with Gasteiger partial charge in [0.1, 0.15) is 6.54 Å². The molecule has 9 heteroatoms. The number of amides is 2. The van der Waals surface area contributed by atoms with Gasteiger partial charge >= 0.3 is 0 Å². The normalized spacial score (nSPS) is 15.7. The number of hydrogen-bond donors (Lipinski definition) is 1. The lowest BCUT2D eigenvalue weighted by molar-refractivity contribution is -0.134. The number of thiophene rings is 2. The summed E-state index contributed by atoms with van der Waals surface area (Å²) >= 11 is 3.30. The van der Waals surface area contributed by atoms with Crippen LogP contribution >= 0.6 is 22.7 Å². The van der Waals surface area contributed by atoms with E-state index in [0.717, 1.165) is 21.5 Å². The first kappa shape index (κ1) is 19.7. The molecule has 1 aliphatic heterocycles. The zero-order valence-corrected chi connectivity index (χ0v) is 18.0. The van der Waals surface area contributed by atoms with Crippen LogP contribution < -0.4 is 11.3 Å². The quantitative estimate of drug-likeness (QED) is 0.517. The summed E-state index contributed by atoms with van der Waals surface area (Å²) in [6.07, 6.45) is 0.771. The highest BCUT2D eigenvalue weighted by Gasteiger charge is 2.33. The molecule has 0 aliphatic carbocycles. The summed E-state index contributed by atoms with van der Waals surface area (Å²) in [6.45, 7) is 0.297. The van der Waals surface area contributed by atoms with Crippen LogP contribution in [0.4, 0.5) is 0 Å². The molecule has 3 aromatic heterocycles. The molecule has 1 atom stereocenters. The van der Waals surface area contributed by atoms with Gasteiger partial charge in [0.15, 0.2) is 5.69 Å². The third-order valence-electron chi connectivity index (χ3n) is 5.49. The van der Waals surface area contributed by atoms with Crippen molar-refractivity contribution in [2.75, 3.05) is 6.54 Å². The van der Waals surface area contributed by atoms with Gasteiger partial charge in [0.2, 0.25) is 5.91 Å². The van der Waals surface area contributed by atoms with E-state index in [1.54, 1.807) is 51.8 Å². The maximum atomic E-state index is 13.4. The number of benzene rings is 1. The van der Waals surface area contributed by atoms with Gasteiger partial charge in [0.25, 0.3) is 11.5 Å². The van der Waals surface area contributed by atoms with Crippen LogP contribution in [-0.4, -0.2) is 33.0 Å². The van der Waals surface area contributed by atoms with Crippen molar-refractivity contribution in [3.63, 3.8) is 0 Å². The molecule has 0 saturated carbocycles. The number of hydrogen-bond acceptors (Lipinski definition) is 6. The van der Waals surface area contributed by atoms with Crippen molar-refractivity contribution in [2.24, 2.45) is 5.73 Å². The summed E-state index contributed by atoms with van der Waals surface area (Å²) in [6, 6.07) is 12.5. The smallest absolute Gasteiger partial charge is 0.275 e. The van der Waals surface area contributed by atoms with Gasteiger partial charge in [-0.2, -0.15) is 5.10 Å². The molecule has 0 spiro atoms. The minimum atomic E-state index is -0.741. The molecule has 1 unspecified atom stereocenters. The molecule has 2 N–H and O–H groups in total. The van der Waals surface area contributed by atoms with Crippen LogP contribution in [0.3, 0.4) is 0 Å². The molecule has 1 aliphatic rings. The fourth-order valence-corrected chi connectivity index (χ4v) is 5.84. The van der Waals surface area contributed by atoms with E-state index < -0.39 is 11.5 Å². The molecule has 1 aromatic carbocycles. The van der Waals surface area contributed by atoms with Crippen LogP contribution in [-0.2, 0) is 17.8 Å². The fourth-order valence-electron chi connectivity index (χ4n) is 4.08. The van der Waals surface area contributed by atoms with Crippen LogP contribution in [0.2, 0.25) is 0 Å². The minimum Gasteiger partial charge on any atom is -0.364 e. The van der Waals surface area contributed by atoms with Crippen molar-refractivity contribution in [3.8, 4) is 0 Å². The Labute approximate surface area is 185 Å². The second kappa shape index (κ2) is 7.75.